The van der Waals surface area contributed by atoms with Crippen LogP contribution in [0.25, 0.3) is 0 Å². The van der Waals surface area contributed by atoms with Gasteiger partial charge in [-0.2, -0.15) is 10.2 Å². The Morgan fingerprint density at radius 2 is 1.83 bits per heavy atom. The molecule has 2 rings (SSSR count). The van der Waals surface area contributed by atoms with Crippen molar-refractivity contribution in [3.63, 3.8) is 0 Å². The van der Waals surface area contributed by atoms with Crippen molar-refractivity contribution < 1.29 is 0 Å². The van der Waals surface area contributed by atoms with Crippen LogP contribution in [-0.2, 0) is 0 Å². The Kier molecular flexibility index (Phi) is 4.33. The van der Waals surface area contributed by atoms with Crippen molar-refractivity contribution in [2.75, 3.05) is 7.05 Å². The molecule has 0 aromatic carbocycles. The second kappa shape index (κ2) is 5.79. The molecule has 1 unspecified atom stereocenters. The minimum Gasteiger partial charge on any atom is -0.313 e. The van der Waals surface area contributed by atoms with Crippen LogP contribution in [0.15, 0.2) is 6.07 Å². The van der Waals surface area contributed by atoms with Crippen LogP contribution in [-0.4, -0.2) is 17.2 Å². The molecule has 1 saturated carbocycles. The predicted molar refractivity (Wildman–Crippen MR) is 74.4 cm³/mol. The van der Waals surface area contributed by atoms with Crippen molar-refractivity contribution >= 4 is 0 Å². The highest BCUT2D eigenvalue weighted by Crippen LogP contribution is 2.37. The molecule has 100 valence electrons. The maximum Gasteiger partial charge on any atom is 0.0648 e. The third-order valence-electron chi connectivity index (χ3n) is 4.32. The Morgan fingerprint density at radius 3 is 2.44 bits per heavy atom. The lowest BCUT2D eigenvalue weighted by Gasteiger charge is -2.33. The average Bonchev–Trinajstić information content (AvgIpc) is 2.37. The second-order valence-corrected chi connectivity index (χ2v) is 5.81. The summed E-state index contributed by atoms with van der Waals surface area (Å²) in [6.45, 7) is 6.46. The third-order valence-corrected chi connectivity index (χ3v) is 4.32. The van der Waals surface area contributed by atoms with E-state index < -0.39 is 0 Å². The zero-order valence-electron chi connectivity index (χ0n) is 12.0. The molecule has 3 nitrogen and oxygen atoms in total. The summed E-state index contributed by atoms with van der Waals surface area (Å²) in [7, 11) is 2.07. The zero-order valence-corrected chi connectivity index (χ0v) is 12.0. The number of nitrogens with one attached hydrogen (secondary N) is 1. The number of rotatable bonds is 3. The van der Waals surface area contributed by atoms with E-state index in [1.807, 2.05) is 6.92 Å². The molecule has 3 heteroatoms. The van der Waals surface area contributed by atoms with Crippen LogP contribution in [0.2, 0.25) is 0 Å². The predicted octanol–water partition coefficient (Wildman–Crippen LogP) is 3.18. The molecule has 0 spiro atoms. The van der Waals surface area contributed by atoms with Gasteiger partial charge < -0.3 is 5.32 Å². The summed E-state index contributed by atoms with van der Waals surface area (Å²) in [5.74, 6) is 1.64. The van der Waals surface area contributed by atoms with E-state index in [2.05, 4.69) is 42.5 Å². The van der Waals surface area contributed by atoms with Crippen LogP contribution >= 0.6 is 0 Å². The van der Waals surface area contributed by atoms with E-state index in [4.69, 9.17) is 0 Å². The normalized spacial score (nSPS) is 26.0. The van der Waals surface area contributed by atoms with Gasteiger partial charge >= 0.3 is 0 Å². The molecule has 18 heavy (non-hydrogen) atoms. The SMILES string of the molecule is CNC(c1cc(C)nnc1C)C1CCC(C)CC1. The molecule has 1 fully saturated rings. The van der Waals surface area contributed by atoms with Crippen LogP contribution in [0.4, 0.5) is 0 Å². The van der Waals surface area contributed by atoms with Crippen molar-refractivity contribution in [1.82, 2.24) is 15.5 Å². The summed E-state index contributed by atoms with van der Waals surface area (Å²) >= 11 is 0. The van der Waals surface area contributed by atoms with Gasteiger partial charge in [-0.25, -0.2) is 0 Å². The van der Waals surface area contributed by atoms with Gasteiger partial charge in [0.15, 0.2) is 0 Å². The number of hydrogen-bond donors (Lipinski definition) is 1. The van der Waals surface area contributed by atoms with Crippen LogP contribution in [0.5, 0.6) is 0 Å². The van der Waals surface area contributed by atoms with E-state index in [9.17, 15) is 0 Å². The van der Waals surface area contributed by atoms with Crippen LogP contribution in [0, 0.1) is 25.7 Å². The second-order valence-electron chi connectivity index (χ2n) is 5.81. The van der Waals surface area contributed by atoms with Gasteiger partial charge in [-0.3, -0.25) is 0 Å². The van der Waals surface area contributed by atoms with Crippen molar-refractivity contribution in [2.24, 2.45) is 11.8 Å². The molecule has 1 aromatic heterocycles. The summed E-state index contributed by atoms with van der Waals surface area (Å²) < 4.78 is 0. The monoisotopic (exact) mass is 247 g/mol. The highest BCUT2D eigenvalue weighted by molar-refractivity contribution is 5.24. The van der Waals surface area contributed by atoms with E-state index in [0.29, 0.717) is 6.04 Å². The third kappa shape index (κ3) is 2.89. The molecule has 1 N–H and O–H groups in total. The topological polar surface area (TPSA) is 37.8 Å². The van der Waals surface area contributed by atoms with E-state index in [1.165, 1.54) is 31.2 Å². The maximum absolute atomic E-state index is 4.27. The molecule has 1 aliphatic rings. The van der Waals surface area contributed by atoms with Crippen molar-refractivity contribution in [3.05, 3.63) is 23.0 Å². The van der Waals surface area contributed by atoms with Crippen LogP contribution in [0.3, 0.4) is 0 Å². The van der Waals surface area contributed by atoms with Gasteiger partial charge in [-0.15, -0.1) is 0 Å². The Labute approximate surface area is 110 Å². The first kappa shape index (κ1) is 13.5. The molecule has 1 aliphatic carbocycles. The van der Waals surface area contributed by atoms with E-state index in [-0.39, 0.29) is 0 Å². The maximum atomic E-state index is 4.27. The van der Waals surface area contributed by atoms with E-state index in [0.717, 1.165) is 23.2 Å². The average molecular weight is 247 g/mol. The molecule has 0 saturated heterocycles. The molecule has 0 bridgehead atoms. The number of aromatic nitrogens is 2. The molecule has 0 aliphatic heterocycles. The highest BCUT2D eigenvalue weighted by Gasteiger charge is 2.27. The number of nitrogens with zero attached hydrogens (tertiary/aromatic N) is 2. The van der Waals surface area contributed by atoms with Gasteiger partial charge in [0.1, 0.15) is 0 Å². The first-order valence-electron chi connectivity index (χ1n) is 7.10. The molecular weight excluding hydrogens is 222 g/mol. The Hall–Kier alpha value is -0.960. The summed E-state index contributed by atoms with van der Waals surface area (Å²) in [5, 5.41) is 11.9. The Balaban J connectivity index is 2.19. The smallest absolute Gasteiger partial charge is 0.0648 e. The highest BCUT2D eigenvalue weighted by atomic mass is 15.1. The van der Waals surface area contributed by atoms with Crippen LogP contribution in [0.1, 0.15) is 55.6 Å². The lowest BCUT2D eigenvalue weighted by Crippen LogP contribution is -2.29. The Morgan fingerprint density at radius 1 is 1.17 bits per heavy atom. The van der Waals surface area contributed by atoms with Crippen molar-refractivity contribution in [1.29, 1.82) is 0 Å². The summed E-state index contributed by atoms with van der Waals surface area (Å²) in [5.41, 5.74) is 3.42. The van der Waals surface area contributed by atoms with Gasteiger partial charge in [0.05, 0.1) is 11.4 Å². The summed E-state index contributed by atoms with van der Waals surface area (Å²) in [6, 6.07) is 2.63. The number of hydrogen-bond acceptors (Lipinski definition) is 3. The fraction of sp³-hybridized carbons (Fsp3) is 0.733. The summed E-state index contributed by atoms with van der Waals surface area (Å²) in [4.78, 5) is 0. The van der Waals surface area contributed by atoms with Gasteiger partial charge in [0.2, 0.25) is 0 Å². The Bertz CT molecular complexity index is 395. The van der Waals surface area contributed by atoms with Crippen molar-refractivity contribution in [3.8, 4) is 0 Å². The zero-order chi connectivity index (χ0) is 13.1. The number of aryl methyl sites for hydroxylation is 2. The molecule has 0 radical (unpaired) electrons. The molecule has 1 aromatic rings. The molecule has 1 atom stereocenters. The summed E-state index contributed by atoms with van der Waals surface area (Å²) in [6.07, 6.45) is 5.37. The molecular formula is C15H25N3. The first-order valence-corrected chi connectivity index (χ1v) is 7.10. The van der Waals surface area contributed by atoms with Gasteiger partial charge in [-0.05, 0) is 57.2 Å². The van der Waals surface area contributed by atoms with Crippen LogP contribution < -0.4 is 5.32 Å². The lowest BCUT2D eigenvalue weighted by molar-refractivity contribution is 0.237. The van der Waals surface area contributed by atoms with Gasteiger partial charge in [-0.1, -0.05) is 19.8 Å². The van der Waals surface area contributed by atoms with E-state index >= 15 is 0 Å². The van der Waals surface area contributed by atoms with E-state index in [1.54, 1.807) is 0 Å². The lowest BCUT2D eigenvalue weighted by atomic mass is 9.77. The minimum absolute atomic E-state index is 0.437. The fourth-order valence-electron chi connectivity index (χ4n) is 3.15. The van der Waals surface area contributed by atoms with Crippen molar-refractivity contribution in [2.45, 2.75) is 52.5 Å². The molecule has 1 heterocycles. The standard InChI is InChI=1S/C15H25N3/c1-10-5-7-13(8-6-10)15(16-4)14-9-11(2)17-18-12(14)3/h9-10,13,15-16H,5-8H2,1-4H3. The largest absolute Gasteiger partial charge is 0.313 e. The minimum atomic E-state index is 0.437. The first-order chi connectivity index (χ1) is 8.61. The molecule has 0 amide bonds. The quantitative estimate of drug-likeness (QED) is 0.891. The van der Waals surface area contributed by atoms with Gasteiger partial charge in [0.25, 0.3) is 0 Å². The van der Waals surface area contributed by atoms with Gasteiger partial charge in [0, 0.05) is 6.04 Å². The fourth-order valence-corrected chi connectivity index (χ4v) is 3.15.